The molecule has 150 valence electrons. The van der Waals surface area contributed by atoms with E-state index in [2.05, 4.69) is 60.8 Å². The van der Waals surface area contributed by atoms with Crippen molar-refractivity contribution < 1.29 is 0 Å². The lowest BCUT2D eigenvalue weighted by molar-refractivity contribution is 0.268. The third-order valence-electron chi connectivity index (χ3n) is 7.20. The summed E-state index contributed by atoms with van der Waals surface area (Å²) in [4.78, 5) is 0. The maximum atomic E-state index is 5.52. The van der Waals surface area contributed by atoms with E-state index in [1.54, 1.807) is 16.7 Å². The first-order valence-electron chi connectivity index (χ1n) is 11.3. The van der Waals surface area contributed by atoms with Crippen molar-refractivity contribution in [2.24, 2.45) is 29.4 Å². The highest BCUT2D eigenvalue weighted by atomic mass is 14.9. The molecule has 0 spiro atoms. The number of hydrogen-bond acceptors (Lipinski definition) is 2. The predicted molar refractivity (Wildman–Crippen MR) is 120 cm³/mol. The zero-order valence-corrected chi connectivity index (χ0v) is 17.3. The van der Waals surface area contributed by atoms with Crippen LogP contribution >= 0.6 is 0 Å². The lowest BCUT2D eigenvalue weighted by Crippen LogP contribution is -2.36. The van der Waals surface area contributed by atoms with Crippen molar-refractivity contribution in [2.75, 3.05) is 13.1 Å². The van der Waals surface area contributed by atoms with E-state index < -0.39 is 0 Å². The minimum atomic E-state index is 0.477. The van der Waals surface area contributed by atoms with Gasteiger partial charge in [-0.2, -0.15) is 0 Å². The molecule has 3 N–H and O–H groups in total. The molecule has 0 aromatic rings. The molecule has 0 aromatic heterocycles. The molecule has 0 radical (unpaired) electrons. The van der Waals surface area contributed by atoms with Gasteiger partial charge in [-0.1, -0.05) is 67.2 Å². The molecule has 1 aliphatic heterocycles. The maximum Gasteiger partial charge on any atom is 0.0474 e. The summed E-state index contributed by atoms with van der Waals surface area (Å²) < 4.78 is 0. The van der Waals surface area contributed by atoms with Crippen LogP contribution in [0.4, 0.5) is 0 Å². The number of fused-ring (bicyclic) bond motifs is 1. The van der Waals surface area contributed by atoms with Gasteiger partial charge in [0, 0.05) is 19.1 Å². The summed E-state index contributed by atoms with van der Waals surface area (Å²) in [5, 5.41) is 3.66. The fourth-order valence-electron chi connectivity index (χ4n) is 5.77. The van der Waals surface area contributed by atoms with Crippen molar-refractivity contribution in [3.63, 3.8) is 0 Å². The first-order valence-corrected chi connectivity index (χ1v) is 11.3. The summed E-state index contributed by atoms with van der Waals surface area (Å²) in [6.07, 6.45) is 28.4. The topological polar surface area (TPSA) is 38.0 Å². The van der Waals surface area contributed by atoms with Gasteiger partial charge in [-0.3, -0.25) is 0 Å². The van der Waals surface area contributed by atoms with Crippen molar-refractivity contribution in [3.8, 4) is 0 Å². The zero-order chi connectivity index (χ0) is 19.3. The molecule has 0 saturated carbocycles. The van der Waals surface area contributed by atoms with E-state index in [0.29, 0.717) is 18.5 Å². The van der Waals surface area contributed by atoms with Crippen LogP contribution in [0.2, 0.25) is 0 Å². The van der Waals surface area contributed by atoms with Crippen molar-refractivity contribution in [1.29, 1.82) is 0 Å². The third kappa shape index (κ3) is 4.18. The number of hydrogen-bond donors (Lipinski definition) is 2. The second-order valence-corrected chi connectivity index (χ2v) is 8.94. The lowest BCUT2D eigenvalue weighted by atomic mass is 9.62. The van der Waals surface area contributed by atoms with E-state index in [0.717, 1.165) is 24.3 Å². The summed E-state index contributed by atoms with van der Waals surface area (Å²) in [6.45, 7) is 4.12. The van der Waals surface area contributed by atoms with Gasteiger partial charge in [0.05, 0.1) is 0 Å². The molecule has 0 aromatic carbocycles. The molecule has 2 heteroatoms. The third-order valence-corrected chi connectivity index (χ3v) is 7.20. The fourth-order valence-corrected chi connectivity index (χ4v) is 5.77. The summed E-state index contributed by atoms with van der Waals surface area (Å²) in [7, 11) is 0. The van der Waals surface area contributed by atoms with Gasteiger partial charge in [0.25, 0.3) is 0 Å². The van der Waals surface area contributed by atoms with Crippen molar-refractivity contribution in [1.82, 2.24) is 5.32 Å². The molecular weight excluding hydrogens is 340 g/mol. The van der Waals surface area contributed by atoms with E-state index in [-0.39, 0.29) is 0 Å². The average molecular weight is 377 g/mol. The van der Waals surface area contributed by atoms with E-state index in [1.165, 1.54) is 38.5 Å². The molecule has 3 aliphatic carbocycles. The Morgan fingerprint density at radius 3 is 2.82 bits per heavy atom. The summed E-state index contributed by atoms with van der Waals surface area (Å²) in [5.74, 6) is 2.92. The van der Waals surface area contributed by atoms with Crippen LogP contribution in [0.1, 0.15) is 45.4 Å². The monoisotopic (exact) mass is 376 g/mol. The number of nitrogens with one attached hydrogen (secondary N) is 1. The van der Waals surface area contributed by atoms with Crippen LogP contribution in [-0.4, -0.2) is 19.1 Å². The summed E-state index contributed by atoms with van der Waals surface area (Å²) in [5.41, 5.74) is 10.6. The number of allylic oxidation sites excluding steroid dienone is 8. The minimum absolute atomic E-state index is 0.477. The zero-order valence-electron chi connectivity index (χ0n) is 17.3. The van der Waals surface area contributed by atoms with Crippen LogP contribution in [0.25, 0.3) is 0 Å². The highest BCUT2D eigenvalue weighted by Gasteiger charge is 2.39. The van der Waals surface area contributed by atoms with E-state index in [1.807, 2.05) is 6.08 Å². The Labute approximate surface area is 171 Å². The standard InChI is InChI=1S/C26H36N2/c1-19-7-5-9-24-23(25-10-6-18-28-25)16-15-22(26(19)24)21-13-11-20(12-14-21)8-3-2-4-17-27/h2-6,8-10,13,19-20,22,25-26,28H,7,11-12,14-18,27H2,1H3/b4-2-,8-3+. The van der Waals surface area contributed by atoms with Crippen LogP contribution in [0.15, 0.2) is 71.4 Å². The van der Waals surface area contributed by atoms with E-state index >= 15 is 0 Å². The van der Waals surface area contributed by atoms with Gasteiger partial charge in [-0.25, -0.2) is 0 Å². The normalized spacial score (nSPS) is 35.8. The Balaban J connectivity index is 1.51. The lowest BCUT2D eigenvalue weighted by Gasteiger charge is -2.43. The molecule has 5 atom stereocenters. The fraction of sp³-hybridized carbons (Fsp3) is 0.538. The molecular formula is C26H36N2. The molecule has 4 aliphatic rings. The Morgan fingerprint density at radius 1 is 1.14 bits per heavy atom. The summed E-state index contributed by atoms with van der Waals surface area (Å²) in [6, 6.07) is 0.477. The van der Waals surface area contributed by atoms with Crippen molar-refractivity contribution >= 4 is 0 Å². The first-order chi connectivity index (χ1) is 13.8. The second kappa shape index (κ2) is 9.24. The van der Waals surface area contributed by atoms with Gasteiger partial charge in [0.1, 0.15) is 0 Å². The van der Waals surface area contributed by atoms with E-state index in [4.69, 9.17) is 5.73 Å². The van der Waals surface area contributed by atoms with Crippen LogP contribution in [0.3, 0.4) is 0 Å². The number of nitrogens with two attached hydrogens (primary N) is 1. The maximum absolute atomic E-state index is 5.52. The Morgan fingerprint density at radius 2 is 2.07 bits per heavy atom. The molecule has 5 unspecified atom stereocenters. The van der Waals surface area contributed by atoms with Gasteiger partial charge in [0.2, 0.25) is 0 Å². The highest BCUT2D eigenvalue weighted by molar-refractivity contribution is 5.41. The largest absolute Gasteiger partial charge is 0.327 e. The molecule has 1 heterocycles. The quantitative estimate of drug-likeness (QED) is 0.509. The van der Waals surface area contributed by atoms with Gasteiger partial charge < -0.3 is 11.1 Å². The molecule has 2 nitrogen and oxygen atoms in total. The molecule has 0 saturated heterocycles. The van der Waals surface area contributed by atoms with Gasteiger partial charge in [-0.15, -0.1) is 0 Å². The highest BCUT2D eigenvalue weighted by Crippen LogP contribution is 2.49. The average Bonchev–Trinajstić information content (AvgIpc) is 3.26. The predicted octanol–water partition coefficient (Wildman–Crippen LogP) is 5.23. The van der Waals surface area contributed by atoms with Gasteiger partial charge >= 0.3 is 0 Å². The van der Waals surface area contributed by atoms with Crippen LogP contribution in [0, 0.1) is 23.7 Å². The Kier molecular flexibility index (Phi) is 6.49. The second-order valence-electron chi connectivity index (χ2n) is 8.94. The van der Waals surface area contributed by atoms with Gasteiger partial charge in [-0.05, 0) is 73.3 Å². The molecule has 0 bridgehead atoms. The minimum Gasteiger partial charge on any atom is -0.327 e. The van der Waals surface area contributed by atoms with E-state index in [9.17, 15) is 0 Å². The Hall–Kier alpha value is -1.64. The Bertz CT molecular complexity index is 734. The van der Waals surface area contributed by atoms with Crippen molar-refractivity contribution in [2.45, 2.75) is 51.5 Å². The van der Waals surface area contributed by atoms with Gasteiger partial charge in [0.15, 0.2) is 0 Å². The molecule has 4 rings (SSSR count). The van der Waals surface area contributed by atoms with Crippen LogP contribution < -0.4 is 11.1 Å². The smallest absolute Gasteiger partial charge is 0.0474 e. The number of rotatable bonds is 5. The summed E-state index contributed by atoms with van der Waals surface area (Å²) >= 11 is 0. The molecule has 0 amide bonds. The first kappa shape index (κ1) is 19.7. The van der Waals surface area contributed by atoms with Crippen LogP contribution in [0.5, 0.6) is 0 Å². The van der Waals surface area contributed by atoms with Crippen LogP contribution in [-0.2, 0) is 0 Å². The van der Waals surface area contributed by atoms with Crippen molar-refractivity contribution in [3.05, 3.63) is 71.4 Å². The SMILES string of the molecule is CC1CC=CC2=C(C3C=CCN3)CCC(C3=CCC(/C=C/C=C\CN)CC3)C21. The molecule has 28 heavy (non-hydrogen) atoms. The molecule has 0 fully saturated rings.